The first-order chi connectivity index (χ1) is 29.9. The van der Waals surface area contributed by atoms with Crippen molar-refractivity contribution in [2.45, 2.75) is 31.7 Å². The maximum Gasteiger partial charge on any atom is 0.0726 e. The second-order valence-corrected chi connectivity index (χ2v) is 17.7. The monoisotopic (exact) mass is 780 g/mol. The lowest BCUT2D eigenvalue weighted by molar-refractivity contribution is 0.423. The van der Waals surface area contributed by atoms with Crippen LogP contribution >= 0.6 is 0 Å². The number of benzene rings is 9. The molecule has 290 valence electrons. The Balaban J connectivity index is 1.08. The fourth-order valence-corrected chi connectivity index (χ4v) is 10.8. The second-order valence-electron chi connectivity index (χ2n) is 17.7. The highest BCUT2D eigenvalue weighted by atomic mass is 15.1. The van der Waals surface area contributed by atoms with Gasteiger partial charge in [0.15, 0.2) is 0 Å². The number of nitrogens with zero attached hydrogens (tertiary/aromatic N) is 2. The van der Waals surface area contributed by atoms with Crippen LogP contribution in [0.2, 0.25) is 0 Å². The average Bonchev–Trinajstić information content (AvgIpc) is 3.91. The molecule has 2 heteroatoms. The molecule has 0 radical (unpaired) electrons. The zero-order valence-corrected chi connectivity index (χ0v) is 34.6. The van der Waals surface area contributed by atoms with E-state index in [1.165, 1.54) is 88.6 Å². The Morgan fingerprint density at radius 1 is 0.344 bits per heavy atom. The summed E-state index contributed by atoms with van der Waals surface area (Å²) in [5, 5.41) is 2.59. The van der Waals surface area contributed by atoms with E-state index in [0.29, 0.717) is 0 Å². The molecule has 2 aliphatic carbocycles. The van der Waals surface area contributed by atoms with E-state index in [1.54, 1.807) is 0 Å². The third kappa shape index (κ3) is 5.22. The van der Waals surface area contributed by atoms with E-state index in [4.69, 9.17) is 0 Å². The first-order valence-electron chi connectivity index (χ1n) is 21.4. The van der Waals surface area contributed by atoms with Crippen molar-refractivity contribution in [3.8, 4) is 44.5 Å². The Morgan fingerprint density at radius 3 is 1.52 bits per heavy atom. The van der Waals surface area contributed by atoms with E-state index in [2.05, 4.69) is 243 Å². The molecule has 0 saturated carbocycles. The van der Waals surface area contributed by atoms with Crippen LogP contribution < -0.4 is 4.90 Å². The number of para-hydroxylation sites is 2. The van der Waals surface area contributed by atoms with Crippen LogP contribution in [0.3, 0.4) is 0 Å². The maximum absolute atomic E-state index is 2.51. The van der Waals surface area contributed by atoms with Gasteiger partial charge in [0.05, 0.1) is 5.41 Å². The van der Waals surface area contributed by atoms with Crippen molar-refractivity contribution in [2.75, 3.05) is 4.90 Å². The van der Waals surface area contributed by atoms with Crippen molar-refractivity contribution in [3.63, 3.8) is 0 Å². The van der Waals surface area contributed by atoms with Crippen molar-refractivity contribution in [2.24, 2.45) is 0 Å². The van der Waals surface area contributed by atoms with Gasteiger partial charge in [-0.2, -0.15) is 0 Å². The molecule has 1 spiro atoms. The average molecular weight is 781 g/mol. The molecule has 10 aromatic rings. The van der Waals surface area contributed by atoms with Crippen LogP contribution in [0.25, 0.3) is 66.3 Å². The molecule has 12 rings (SSSR count). The van der Waals surface area contributed by atoms with Crippen LogP contribution in [0, 0.1) is 0 Å². The predicted octanol–water partition coefficient (Wildman–Crippen LogP) is 15.7. The van der Waals surface area contributed by atoms with Gasteiger partial charge in [0.1, 0.15) is 0 Å². The molecule has 0 bridgehead atoms. The molecule has 0 unspecified atom stereocenters. The molecule has 0 atom stereocenters. The number of hydrogen-bond acceptors (Lipinski definition) is 1. The summed E-state index contributed by atoms with van der Waals surface area (Å²) in [6.07, 6.45) is 0. The summed E-state index contributed by atoms with van der Waals surface area (Å²) in [6, 6.07) is 79.0. The minimum absolute atomic E-state index is 0.0571. The van der Waals surface area contributed by atoms with Gasteiger partial charge in [0.2, 0.25) is 0 Å². The molecule has 0 aliphatic heterocycles. The number of rotatable bonds is 5. The Morgan fingerprint density at radius 2 is 0.820 bits per heavy atom. The first-order valence-corrected chi connectivity index (χ1v) is 21.4. The molecule has 1 aromatic heterocycles. The first kappa shape index (κ1) is 35.5. The van der Waals surface area contributed by atoms with Crippen molar-refractivity contribution >= 4 is 38.9 Å². The highest BCUT2D eigenvalue weighted by molar-refractivity contribution is 6.10. The summed E-state index contributed by atoms with van der Waals surface area (Å²) in [5.74, 6) is 0. The van der Waals surface area contributed by atoms with Gasteiger partial charge in [0, 0.05) is 44.4 Å². The Hall–Kier alpha value is -7.42. The Labute approximate surface area is 357 Å². The fourth-order valence-electron chi connectivity index (χ4n) is 10.8. The summed E-state index contributed by atoms with van der Waals surface area (Å²) in [7, 11) is 0. The van der Waals surface area contributed by atoms with Gasteiger partial charge in [-0.05, 0) is 148 Å². The highest BCUT2D eigenvalue weighted by Crippen LogP contribution is 2.63. The quantitative estimate of drug-likeness (QED) is 0.169. The lowest BCUT2D eigenvalue weighted by atomic mass is 9.70. The number of aromatic nitrogens is 1. The zero-order valence-electron chi connectivity index (χ0n) is 34.6. The lowest BCUT2D eigenvalue weighted by Gasteiger charge is -2.32. The van der Waals surface area contributed by atoms with Crippen LogP contribution in [-0.4, -0.2) is 4.57 Å². The highest BCUT2D eigenvalue weighted by Gasteiger charge is 2.52. The van der Waals surface area contributed by atoms with E-state index in [0.717, 1.165) is 17.1 Å². The van der Waals surface area contributed by atoms with Crippen molar-refractivity contribution in [3.05, 3.63) is 235 Å². The smallest absolute Gasteiger partial charge is 0.0726 e. The minimum atomic E-state index is -0.504. The molecule has 0 amide bonds. The van der Waals surface area contributed by atoms with Crippen LogP contribution in [0.4, 0.5) is 17.1 Å². The molecule has 1 heterocycles. The van der Waals surface area contributed by atoms with Crippen molar-refractivity contribution < 1.29 is 0 Å². The van der Waals surface area contributed by atoms with Crippen LogP contribution in [0.5, 0.6) is 0 Å². The molecular formula is C59H44N2. The largest absolute Gasteiger partial charge is 0.335 e. The van der Waals surface area contributed by atoms with Gasteiger partial charge in [-0.1, -0.05) is 152 Å². The van der Waals surface area contributed by atoms with Crippen LogP contribution in [0.1, 0.15) is 43.0 Å². The minimum Gasteiger partial charge on any atom is -0.335 e. The Kier molecular flexibility index (Phi) is 7.74. The fraction of sp³-hybridized carbons (Fsp3) is 0.0847. The number of anilines is 3. The Bertz CT molecular complexity index is 3280. The molecule has 0 saturated heterocycles. The summed E-state index contributed by atoms with van der Waals surface area (Å²) < 4.78 is 2.50. The zero-order chi connectivity index (χ0) is 40.9. The molecule has 0 N–H and O–H groups in total. The molecule has 9 aromatic carbocycles. The summed E-state index contributed by atoms with van der Waals surface area (Å²) >= 11 is 0. The third-order valence-corrected chi connectivity index (χ3v) is 13.3. The standard InChI is InChI=1S/C59H44N2/c1-58(2,3)61-56-25-15-12-22-50(56)51-36-41(29-35-57(51)61)42-28-33-48-49-34-32-45(60(43-18-8-5-9-19-43)44-30-26-40(27-31-44)39-16-6-4-7-17-39)38-55(49)59(54(48)37-42)52-23-13-10-20-46(52)47-21-11-14-24-53(47)59/h4-38H,1-3H3. The summed E-state index contributed by atoms with van der Waals surface area (Å²) in [4.78, 5) is 2.41. The third-order valence-electron chi connectivity index (χ3n) is 13.3. The summed E-state index contributed by atoms with van der Waals surface area (Å²) in [5.41, 5.74) is 20.8. The maximum atomic E-state index is 2.51. The van der Waals surface area contributed by atoms with Gasteiger partial charge >= 0.3 is 0 Å². The van der Waals surface area contributed by atoms with Gasteiger partial charge in [0.25, 0.3) is 0 Å². The molecule has 2 aliphatic rings. The van der Waals surface area contributed by atoms with Gasteiger partial charge in [-0.25, -0.2) is 0 Å². The van der Waals surface area contributed by atoms with E-state index < -0.39 is 5.41 Å². The molecule has 61 heavy (non-hydrogen) atoms. The number of fused-ring (bicyclic) bond motifs is 13. The molecular weight excluding hydrogens is 737 g/mol. The predicted molar refractivity (Wildman–Crippen MR) is 256 cm³/mol. The molecule has 2 nitrogen and oxygen atoms in total. The topological polar surface area (TPSA) is 8.17 Å². The number of hydrogen-bond donors (Lipinski definition) is 0. The van der Waals surface area contributed by atoms with Gasteiger partial charge in [-0.3, -0.25) is 0 Å². The van der Waals surface area contributed by atoms with E-state index in [1.807, 2.05) is 0 Å². The van der Waals surface area contributed by atoms with Gasteiger partial charge < -0.3 is 9.47 Å². The second kappa shape index (κ2) is 13.3. The normalized spacial score (nSPS) is 13.3. The van der Waals surface area contributed by atoms with E-state index in [9.17, 15) is 0 Å². The molecule has 0 fully saturated rings. The van der Waals surface area contributed by atoms with E-state index in [-0.39, 0.29) is 5.54 Å². The van der Waals surface area contributed by atoms with Crippen molar-refractivity contribution in [1.29, 1.82) is 0 Å². The lowest BCUT2D eigenvalue weighted by Crippen LogP contribution is -2.26. The van der Waals surface area contributed by atoms with Crippen LogP contribution in [0.15, 0.2) is 212 Å². The van der Waals surface area contributed by atoms with Crippen molar-refractivity contribution in [1.82, 2.24) is 4.57 Å². The van der Waals surface area contributed by atoms with Gasteiger partial charge in [-0.15, -0.1) is 0 Å². The SMILES string of the molecule is CC(C)(C)n1c2ccccc2c2cc(-c3ccc4c(c3)C3(c5ccccc5-c5ccccc53)c3cc(N(c5ccccc5)c5ccc(-c6ccccc6)cc5)ccc3-4)ccc21. The van der Waals surface area contributed by atoms with E-state index >= 15 is 0 Å². The van der Waals surface area contributed by atoms with Crippen LogP contribution in [-0.2, 0) is 11.0 Å². The summed E-state index contributed by atoms with van der Waals surface area (Å²) in [6.45, 7) is 6.90.